The third kappa shape index (κ3) is 3.32. The lowest BCUT2D eigenvalue weighted by molar-refractivity contribution is 0.768. The van der Waals surface area contributed by atoms with Crippen molar-refractivity contribution in [1.29, 1.82) is 0 Å². The highest BCUT2D eigenvalue weighted by atomic mass is 32.1. The van der Waals surface area contributed by atoms with Crippen LogP contribution in [-0.2, 0) is 5.41 Å². The summed E-state index contributed by atoms with van der Waals surface area (Å²) in [5.74, 6) is 0. The molecule has 0 fully saturated rings. The van der Waals surface area contributed by atoms with Crippen molar-refractivity contribution in [3.8, 4) is 11.1 Å². The van der Waals surface area contributed by atoms with E-state index < -0.39 is 0 Å². The molecular weight excluding hydrogens is 490 g/mol. The van der Waals surface area contributed by atoms with Gasteiger partial charge in [-0.05, 0) is 69.8 Å². The minimum atomic E-state index is -0.360. The van der Waals surface area contributed by atoms with E-state index in [9.17, 15) is 0 Å². The minimum Gasteiger partial charge on any atom is -0.355 e. The molecule has 1 nitrogen and oxygen atoms in total. The molecule has 1 aromatic heterocycles. The van der Waals surface area contributed by atoms with Crippen LogP contribution < -0.4 is 5.32 Å². The highest BCUT2D eigenvalue weighted by Gasteiger charge is 2.45. The first-order chi connectivity index (χ1) is 19.3. The van der Waals surface area contributed by atoms with Gasteiger partial charge in [0.05, 0.1) is 5.41 Å². The summed E-state index contributed by atoms with van der Waals surface area (Å²) in [6.07, 6.45) is 0. The van der Waals surface area contributed by atoms with E-state index in [4.69, 9.17) is 0 Å². The molecule has 1 aliphatic rings. The van der Waals surface area contributed by atoms with Gasteiger partial charge in [0.1, 0.15) is 0 Å². The van der Waals surface area contributed by atoms with Crippen LogP contribution in [0.5, 0.6) is 0 Å². The number of anilines is 2. The maximum atomic E-state index is 3.72. The molecule has 8 rings (SSSR count). The highest BCUT2D eigenvalue weighted by molar-refractivity contribution is 7.25. The summed E-state index contributed by atoms with van der Waals surface area (Å²) in [6.45, 7) is 0. The van der Waals surface area contributed by atoms with Gasteiger partial charge in [0.2, 0.25) is 0 Å². The minimum absolute atomic E-state index is 0.360. The second kappa shape index (κ2) is 8.69. The van der Waals surface area contributed by atoms with Crippen molar-refractivity contribution in [3.63, 3.8) is 0 Å². The largest absolute Gasteiger partial charge is 0.355 e. The Balaban J connectivity index is 1.30. The third-order valence-corrected chi connectivity index (χ3v) is 9.28. The van der Waals surface area contributed by atoms with Gasteiger partial charge in [0.25, 0.3) is 0 Å². The average molecular weight is 516 g/mol. The van der Waals surface area contributed by atoms with E-state index >= 15 is 0 Å². The molecule has 6 aromatic carbocycles. The van der Waals surface area contributed by atoms with Crippen LogP contribution in [0.15, 0.2) is 146 Å². The van der Waals surface area contributed by atoms with Gasteiger partial charge in [-0.25, -0.2) is 0 Å². The van der Waals surface area contributed by atoms with Crippen molar-refractivity contribution < 1.29 is 0 Å². The predicted molar refractivity (Wildman–Crippen MR) is 166 cm³/mol. The van der Waals surface area contributed by atoms with Crippen LogP contribution in [0.1, 0.15) is 22.3 Å². The van der Waals surface area contributed by atoms with Gasteiger partial charge in [0.15, 0.2) is 0 Å². The summed E-state index contributed by atoms with van der Waals surface area (Å²) in [7, 11) is 0. The number of rotatable bonds is 4. The maximum absolute atomic E-state index is 3.72. The molecule has 0 saturated carbocycles. The Morgan fingerprint density at radius 2 is 1.03 bits per heavy atom. The molecule has 0 radical (unpaired) electrons. The van der Waals surface area contributed by atoms with E-state index in [1.54, 1.807) is 0 Å². The number of hydrogen-bond acceptors (Lipinski definition) is 2. The molecule has 184 valence electrons. The van der Waals surface area contributed by atoms with Crippen molar-refractivity contribution in [2.45, 2.75) is 5.41 Å². The van der Waals surface area contributed by atoms with Crippen LogP contribution >= 0.6 is 11.3 Å². The molecule has 1 aliphatic carbocycles. The van der Waals surface area contributed by atoms with Gasteiger partial charge in [-0.15, -0.1) is 11.3 Å². The van der Waals surface area contributed by atoms with Crippen LogP contribution in [0.25, 0.3) is 31.3 Å². The lowest BCUT2D eigenvalue weighted by atomic mass is 9.68. The number of fused-ring (bicyclic) bond motifs is 6. The van der Waals surface area contributed by atoms with Gasteiger partial charge in [0, 0.05) is 31.5 Å². The smallest absolute Gasteiger partial charge is 0.0713 e. The third-order valence-electron chi connectivity index (χ3n) is 8.12. The zero-order valence-corrected chi connectivity index (χ0v) is 22.1. The number of nitrogens with one attached hydrogen (secondary N) is 1. The number of hydrogen-bond donors (Lipinski definition) is 1. The first-order valence-corrected chi connectivity index (χ1v) is 14.2. The first-order valence-electron chi connectivity index (χ1n) is 13.4. The Hall–Kier alpha value is -4.66. The van der Waals surface area contributed by atoms with Crippen molar-refractivity contribution in [2.75, 3.05) is 5.32 Å². The lowest BCUT2D eigenvalue weighted by Crippen LogP contribution is -2.28. The summed E-state index contributed by atoms with van der Waals surface area (Å²) in [6, 6.07) is 53.1. The van der Waals surface area contributed by atoms with E-state index in [0.29, 0.717) is 0 Å². The molecular formula is C37H25NS. The van der Waals surface area contributed by atoms with E-state index in [0.717, 1.165) is 11.4 Å². The summed E-state index contributed by atoms with van der Waals surface area (Å²) in [4.78, 5) is 0. The topological polar surface area (TPSA) is 12.0 Å². The number of thiophene rings is 1. The molecule has 0 spiro atoms. The van der Waals surface area contributed by atoms with Gasteiger partial charge in [-0.3, -0.25) is 0 Å². The van der Waals surface area contributed by atoms with Gasteiger partial charge in [-0.2, -0.15) is 0 Å². The van der Waals surface area contributed by atoms with Crippen molar-refractivity contribution in [1.82, 2.24) is 0 Å². The van der Waals surface area contributed by atoms with Gasteiger partial charge in [-0.1, -0.05) is 109 Å². The monoisotopic (exact) mass is 515 g/mol. The summed E-state index contributed by atoms with van der Waals surface area (Å²) in [5, 5.41) is 6.35. The maximum Gasteiger partial charge on any atom is 0.0713 e. The standard InChI is InChI=1S/C37H25NS/c1-3-11-25(12-4-1)37(26-13-5-2-6-14-26)33-17-9-7-15-29(33)31-23-27(19-21-34(31)37)38-28-20-22-36-32(24-28)30-16-8-10-18-35(30)39-36/h1-24,38H. The molecule has 7 aromatic rings. The Kier molecular flexibility index (Phi) is 4.98. The van der Waals surface area contributed by atoms with E-state index in [1.807, 2.05) is 11.3 Å². The molecule has 0 bridgehead atoms. The second-order valence-corrected chi connectivity index (χ2v) is 11.3. The van der Waals surface area contributed by atoms with Crippen molar-refractivity contribution in [3.05, 3.63) is 168 Å². The molecule has 0 saturated heterocycles. The molecule has 0 amide bonds. The normalized spacial score (nSPS) is 13.3. The van der Waals surface area contributed by atoms with Crippen LogP contribution in [0.2, 0.25) is 0 Å². The van der Waals surface area contributed by atoms with E-state index in [1.165, 1.54) is 53.6 Å². The quantitative estimate of drug-likeness (QED) is 0.246. The molecule has 1 heterocycles. The lowest BCUT2D eigenvalue weighted by Gasteiger charge is -2.33. The second-order valence-electron chi connectivity index (χ2n) is 10.2. The fourth-order valence-corrected chi connectivity index (χ4v) is 7.58. The molecule has 0 unspecified atom stereocenters. The van der Waals surface area contributed by atoms with Crippen LogP contribution in [0.4, 0.5) is 11.4 Å². The SMILES string of the molecule is c1ccc(C2(c3ccccc3)c3ccccc3-c3cc(Nc4ccc5sc6ccccc6c5c4)ccc32)cc1. The van der Waals surface area contributed by atoms with Crippen LogP contribution in [0.3, 0.4) is 0 Å². The van der Waals surface area contributed by atoms with Crippen LogP contribution in [0, 0.1) is 0 Å². The predicted octanol–water partition coefficient (Wildman–Crippen LogP) is 10.2. The average Bonchev–Trinajstić information content (AvgIpc) is 3.52. The van der Waals surface area contributed by atoms with Crippen molar-refractivity contribution in [2.24, 2.45) is 0 Å². The molecule has 2 heteroatoms. The summed E-state index contributed by atoms with van der Waals surface area (Å²) < 4.78 is 2.65. The highest BCUT2D eigenvalue weighted by Crippen LogP contribution is 2.56. The Bertz CT molecular complexity index is 1950. The molecule has 1 N–H and O–H groups in total. The zero-order chi connectivity index (χ0) is 25.8. The molecule has 0 aliphatic heterocycles. The first kappa shape index (κ1) is 22.3. The molecule has 39 heavy (non-hydrogen) atoms. The fourth-order valence-electron chi connectivity index (χ4n) is 6.50. The summed E-state index contributed by atoms with van der Waals surface area (Å²) >= 11 is 1.85. The summed E-state index contributed by atoms with van der Waals surface area (Å²) in [5.41, 5.74) is 9.66. The number of benzene rings is 6. The van der Waals surface area contributed by atoms with E-state index in [2.05, 4.69) is 151 Å². The van der Waals surface area contributed by atoms with Gasteiger partial charge < -0.3 is 5.32 Å². The van der Waals surface area contributed by atoms with Crippen LogP contribution in [-0.4, -0.2) is 0 Å². The van der Waals surface area contributed by atoms with E-state index in [-0.39, 0.29) is 5.41 Å². The fraction of sp³-hybridized carbons (Fsp3) is 0.0270. The zero-order valence-electron chi connectivity index (χ0n) is 21.3. The van der Waals surface area contributed by atoms with Crippen molar-refractivity contribution >= 4 is 42.9 Å². The Morgan fingerprint density at radius 3 is 1.82 bits per heavy atom. The van der Waals surface area contributed by atoms with Gasteiger partial charge >= 0.3 is 0 Å². The Labute approximate surface area is 232 Å². The Morgan fingerprint density at radius 1 is 0.436 bits per heavy atom. The molecule has 0 atom stereocenters.